The molecule has 0 amide bonds. The maximum atomic E-state index is 10.7. The summed E-state index contributed by atoms with van der Waals surface area (Å²) in [4.78, 5) is 10.7. The van der Waals surface area contributed by atoms with Crippen molar-refractivity contribution in [1.29, 1.82) is 0 Å². The molecule has 3 rings (SSSR count). The Balaban J connectivity index is 1.47. The van der Waals surface area contributed by atoms with Gasteiger partial charge in [-0.15, -0.1) is 0 Å². The molecule has 32 heavy (non-hydrogen) atoms. The van der Waals surface area contributed by atoms with Gasteiger partial charge in [0.25, 0.3) is 0 Å². The second kappa shape index (κ2) is 10.7. The molecule has 1 atom stereocenters. The van der Waals surface area contributed by atoms with E-state index in [1.807, 2.05) is 0 Å². The standard InChI is InChI=1S/C25H29Cl2NO4/c1-25(2,13-16-11-18-5-3-4-6-19(18)12-16)28-14-20(29)15-32-21-9-7-17(8-10-22(30)31)23(26)24(21)27/h3-10,16,20,28-29H,11-15H2,1-2H3,(H,30,31)/b10-8+/t20-/m1/s1. The first-order valence-electron chi connectivity index (χ1n) is 10.7. The first kappa shape index (κ1) is 24.6. The van der Waals surface area contributed by atoms with E-state index >= 15 is 0 Å². The van der Waals surface area contributed by atoms with Gasteiger partial charge in [0.15, 0.2) is 0 Å². The molecule has 0 radical (unpaired) electrons. The number of ether oxygens (including phenoxy) is 1. The first-order valence-corrected chi connectivity index (χ1v) is 11.4. The summed E-state index contributed by atoms with van der Waals surface area (Å²) in [5.41, 5.74) is 3.25. The van der Waals surface area contributed by atoms with Gasteiger partial charge in [0, 0.05) is 18.2 Å². The van der Waals surface area contributed by atoms with Gasteiger partial charge in [0.05, 0.1) is 5.02 Å². The van der Waals surface area contributed by atoms with E-state index in [2.05, 4.69) is 43.4 Å². The van der Waals surface area contributed by atoms with Crippen LogP contribution in [0.15, 0.2) is 42.5 Å². The molecule has 0 saturated carbocycles. The lowest BCUT2D eigenvalue weighted by molar-refractivity contribution is -0.131. The molecule has 0 aromatic heterocycles. The second-order valence-corrected chi connectivity index (χ2v) is 9.69. The monoisotopic (exact) mass is 477 g/mol. The van der Waals surface area contributed by atoms with Crippen molar-refractivity contribution in [3.05, 3.63) is 69.2 Å². The third-order valence-electron chi connectivity index (χ3n) is 5.66. The van der Waals surface area contributed by atoms with Gasteiger partial charge in [-0.3, -0.25) is 0 Å². The van der Waals surface area contributed by atoms with Crippen LogP contribution >= 0.6 is 23.2 Å². The molecule has 3 N–H and O–H groups in total. The highest BCUT2D eigenvalue weighted by atomic mass is 35.5. The Kier molecular flexibility index (Phi) is 8.23. The van der Waals surface area contributed by atoms with Gasteiger partial charge in [-0.05, 0) is 73.9 Å². The Hall–Kier alpha value is -2.05. The molecule has 0 aliphatic heterocycles. The van der Waals surface area contributed by atoms with Crippen LogP contribution in [0, 0.1) is 5.92 Å². The molecule has 0 fully saturated rings. The van der Waals surface area contributed by atoms with E-state index in [9.17, 15) is 9.90 Å². The van der Waals surface area contributed by atoms with Crippen LogP contribution in [0.4, 0.5) is 0 Å². The number of aliphatic hydroxyl groups excluding tert-OH is 1. The van der Waals surface area contributed by atoms with Crippen LogP contribution in [0.5, 0.6) is 5.75 Å². The number of halogens is 2. The Morgan fingerprint density at radius 3 is 2.47 bits per heavy atom. The van der Waals surface area contributed by atoms with Crippen molar-refractivity contribution in [1.82, 2.24) is 5.32 Å². The predicted octanol–water partition coefficient (Wildman–Crippen LogP) is 5.00. The lowest BCUT2D eigenvalue weighted by atomic mass is 9.88. The number of fused-ring (bicyclic) bond motifs is 1. The maximum Gasteiger partial charge on any atom is 0.328 e. The first-order chi connectivity index (χ1) is 15.1. The molecule has 2 aromatic rings. The number of carboxylic acid groups (broad SMARTS) is 1. The molecule has 5 nitrogen and oxygen atoms in total. The number of carboxylic acids is 1. The summed E-state index contributed by atoms with van der Waals surface area (Å²) < 4.78 is 5.65. The van der Waals surface area contributed by atoms with Crippen molar-refractivity contribution in [3.63, 3.8) is 0 Å². The average molecular weight is 478 g/mol. The van der Waals surface area contributed by atoms with Gasteiger partial charge in [0.2, 0.25) is 0 Å². The zero-order chi connectivity index (χ0) is 23.3. The molecule has 0 unspecified atom stereocenters. The number of aliphatic hydroxyl groups is 1. The summed E-state index contributed by atoms with van der Waals surface area (Å²) in [6.45, 7) is 4.75. The molecule has 0 bridgehead atoms. The maximum absolute atomic E-state index is 10.7. The largest absolute Gasteiger partial charge is 0.489 e. The van der Waals surface area contributed by atoms with Crippen LogP contribution in [0.3, 0.4) is 0 Å². The minimum atomic E-state index is -1.08. The molecular formula is C25H29Cl2NO4. The minimum Gasteiger partial charge on any atom is -0.489 e. The molecule has 1 aliphatic rings. The number of carbonyl (C=O) groups is 1. The highest BCUT2D eigenvalue weighted by molar-refractivity contribution is 6.43. The van der Waals surface area contributed by atoms with Gasteiger partial charge >= 0.3 is 5.97 Å². The number of benzene rings is 2. The molecule has 1 aliphatic carbocycles. The highest BCUT2D eigenvalue weighted by Crippen LogP contribution is 2.35. The second-order valence-electron chi connectivity index (χ2n) is 8.93. The Labute approximate surface area is 199 Å². The number of hydrogen-bond donors (Lipinski definition) is 3. The SMILES string of the molecule is CC(C)(CC1Cc2ccccc2C1)NC[C@@H](O)COc1ccc(/C=C/C(=O)O)c(Cl)c1Cl. The molecule has 2 aromatic carbocycles. The lowest BCUT2D eigenvalue weighted by Crippen LogP contribution is -2.46. The van der Waals surface area contributed by atoms with Crippen LogP contribution in [-0.4, -0.2) is 41.0 Å². The van der Waals surface area contributed by atoms with Gasteiger partial charge < -0.3 is 20.3 Å². The molecular weight excluding hydrogens is 449 g/mol. The van der Waals surface area contributed by atoms with Gasteiger partial charge in [-0.1, -0.05) is 47.5 Å². The summed E-state index contributed by atoms with van der Waals surface area (Å²) in [6.07, 6.45) is 4.84. The molecule has 7 heteroatoms. The van der Waals surface area contributed by atoms with Gasteiger partial charge in [0.1, 0.15) is 23.5 Å². The summed E-state index contributed by atoms with van der Waals surface area (Å²) >= 11 is 12.4. The van der Waals surface area contributed by atoms with Crippen LogP contribution < -0.4 is 10.1 Å². The van der Waals surface area contributed by atoms with E-state index in [4.69, 9.17) is 33.0 Å². The quantitative estimate of drug-likeness (QED) is 0.419. The number of β-amino-alcohol motifs (C(OH)–C–C–N with tert-alkyl or cyclic N) is 1. The zero-order valence-electron chi connectivity index (χ0n) is 18.3. The fourth-order valence-electron chi connectivity index (χ4n) is 4.18. The lowest BCUT2D eigenvalue weighted by Gasteiger charge is -2.30. The number of nitrogens with one attached hydrogen (secondary N) is 1. The van der Waals surface area contributed by atoms with Crippen LogP contribution in [0.2, 0.25) is 10.0 Å². The van der Waals surface area contributed by atoms with Crippen molar-refractivity contribution in [2.75, 3.05) is 13.2 Å². The minimum absolute atomic E-state index is 0.0539. The molecule has 0 spiro atoms. The van der Waals surface area contributed by atoms with E-state index < -0.39 is 12.1 Å². The highest BCUT2D eigenvalue weighted by Gasteiger charge is 2.28. The normalized spacial score (nSPS) is 15.2. The van der Waals surface area contributed by atoms with Crippen LogP contribution in [-0.2, 0) is 17.6 Å². The predicted molar refractivity (Wildman–Crippen MR) is 129 cm³/mol. The number of hydrogen-bond acceptors (Lipinski definition) is 4. The Morgan fingerprint density at radius 1 is 1.19 bits per heavy atom. The average Bonchev–Trinajstić information content (AvgIpc) is 3.14. The fraction of sp³-hybridized carbons (Fsp3) is 0.400. The van der Waals surface area contributed by atoms with Crippen LogP contribution in [0.1, 0.15) is 37.0 Å². The van der Waals surface area contributed by atoms with E-state index in [1.54, 1.807) is 12.1 Å². The summed E-state index contributed by atoms with van der Waals surface area (Å²) in [7, 11) is 0. The zero-order valence-corrected chi connectivity index (χ0v) is 19.8. The molecule has 172 valence electrons. The van der Waals surface area contributed by atoms with E-state index in [0.717, 1.165) is 25.3 Å². The van der Waals surface area contributed by atoms with Crippen molar-refractivity contribution in [2.24, 2.45) is 5.92 Å². The van der Waals surface area contributed by atoms with Crippen molar-refractivity contribution >= 4 is 35.2 Å². The smallest absolute Gasteiger partial charge is 0.328 e. The summed E-state index contributed by atoms with van der Waals surface area (Å²) in [5, 5.41) is 23.0. The molecule has 0 heterocycles. The summed E-state index contributed by atoms with van der Waals surface area (Å²) in [6, 6.07) is 11.8. The molecule has 0 saturated heterocycles. The summed E-state index contributed by atoms with van der Waals surface area (Å²) in [5.74, 6) is -0.141. The van der Waals surface area contributed by atoms with Crippen molar-refractivity contribution in [2.45, 2.75) is 44.8 Å². The third-order valence-corrected chi connectivity index (χ3v) is 6.54. The van der Waals surface area contributed by atoms with E-state index in [-0.39, 0.29) is 22.2 Å². The van der Waals surface area contributed by atoms with Gasteiger partial charge in [-0.25, -0.2) is 4.79 Å². The third kappa shape index (κ3) is 6.72. The van der Waals surface area contributed by atoms with Gasteiger partial charge in [-0.2, -0.15) is 0 Å². The van der Waals surface area contributed by atoms with Crippen molar-refractivity contribution in [3.8, 4) is 5.75 Å². The van der Waals surface area contributed by atoms with Crippen molar-refractivity contribution < 1.29 is 19.7 Å². The Morgan fingerprint density at radius 2 is 1.84 bits per heavy atom. The number of aliphatic carboxylic acids is 1. The fourth-order valence-corrected chi connectivity index (χ4v) is 4.62. The Bertz CT molecular complexity index is 965. The van der Waals surface area contributed by atoms with Crippen LogP contribution in [0.25, 0.3) is 6.08 Å². The topological polar surface area (TPSA) is 78.8 Å². The number of rotatable bonds is 10. The van der Waals surface area contributed by atoms with E-state index in [1.165, 1.54) is 17.2 Å². The van der Waals surface area contributed by atoms with E-state index in [0.29, 0.717) is 23.8 Å².